The van der Waals surface area contributed by atoms with E-state index in [1.165, 1.54) is 16.4 Å². The van der Waals surface area contributed by atoms with Crippen molar-refractivity contribution in [1.82, 2.24) is 9.21 Å². The molecule has 0 saturated carbocycles. The Morgan fingerprint density at radius 3 is 2.10 bits per heavy atom. The van der Waals surface area contributed by atoms with Gasteiger partial charge in [0.15, 0.2) is 0 Å². The van der Waals surface area contributed by atoms with E-state index in [0.717, 1.165) is 5.69 Å². The third-order valence-corrected chi connectivity index (χ3v) is 7.79. The molecular weight excluding hydrogens is 433 g/mol. The maximum atomic E-state index is 13.0. The molecule has 156 valence electrons. The van der Waals surface area contributed by atoms with E-state index < -0.39 is 10.0 Å². The number of hydrogen-bond donors (Lipinski definition) is 0. The topological polar surface area (TPSA) is 60.9 Å². The Hall–Kier alpha value is -1.80. The molecule has 2 aromatic carbocycles. The number of carbonyl (C=O) groups is 1. The van der Waals surface area contributed by atoms with Crippen LogP contribution in [0.1, 0.15) is 6.92 Å². The SMILES string of the molecule is CCN(CC(=O)N1CCN(S(=O)(=O)c2c(Cl)cccc2Cl)CC1)c1ccccc1. The minimum atomic E-state index is -3.82. The van der Waals surface area contributed by atoms with Crippen molar-refractivity contribution in [3.05, 3.63) is 58.6 Å². The van der Waals surface area contributed by atoms with Crippen LogP contribution >= 0.6 is 23.2 Å². The van der Waals surface area contributed by atoms with Gasteiger partial charge < -0.3 is 9.80 Å². The van der Waals surface area contributed by atoms with Crippen LogP contribution in [0.5, 0.6) is 0 Å². The molecule has 0 aliphatic carbocycles. The van der Waals surface area contributed by atoms with E-state index in [9.17, 15) is 13.2 Å². The number of carbonyl (C=O) groups excluding carboxylic acids is 1. The Morgan fingerprint density at radius 1 is 0.966 bits per heavy atom. The lowest BCUT2D eigenvalue weighted by molar-refractivity contribution is -0.130. The predicted molar refractivity (Wildman–Crippen MR) is 116 cm³/mol. The van der Waals surface area contributed by atoms with Crippen LogP contribution in [0.4, 0.5) is 5.69 Å². The molecule has 0 spiro atoms. The highest BCUT2D eigenvalue weighted by atomic mass is 35.5. The molecule has 0 unspecified atom stereocenters. The van der Waals surface area contributed by atoms with E-state index in [1.807, 2.05) is 42.2 Å². The van der Waals surface area contributed by atoms with Crippen molar-refractivity contribution in [1.29, 1.82) is 0 Å². The molecule has 1 aliphatic rings. The average molecular weight is 456 g/mol. The molecule has 2 aromatic rings. The second-order valence-electron chi connectivity index (χ2n) is 6.69. The monoisotopic (exact) mass is 455 g/mol. The van der Waals surface area contributed by atoms with Crippen LogP contribution in [0.2, 0.25) is 10.0 Å². The zero-order valence-corrected chi connectivity index (χ0v) is 18.4. The fourth-order valence-corrected chi connectivity index (χ4v) is 5.84. The summed E-state index contributed by atoms with van der Waals surface area (Å²) in [6.45, 7) is 4.01. The number of rotatable bonds is 6. The number of benzene rings is 2. The number of para-hydroxylation sites is 1. The van der Waals surface area contributed by atoms with E-state index in [4.69, 9.17) is 23.2 Å². The molecule has 1 fully saturated rings. The first-order valence-electron chi connectivity index (χ1n) is 9.36. The van der Waals surface area contributed by atoms with Gasteiger partial charge in [0.25, 0.3) is 0 Å². The molecule has 0 N–H and O–H groups in total. The minimum Gasteiger partial charge on any atom is -0.362 e. The number of hydrogen-bond acceptors (Lipinski definition) is 4. The minimum absolute atomic E-state index is 0.0245. The molecule has 1 amide bonds. The van der Waals surface area contributed by atoms with Crippen LogP contribution in [-0.2, 0) is 14.8 Å². The smallest absolute Gasteiger partial charge is 0.246 e. The summed E-state index contributed by atoms with van der Waals surface area (Å²) >= 11 is 12.2. The first-order chi connectivity index (χ1) is 13.8. The van der Waals surface area contributed by atoms with Gasteiger partial charge in [-0.15, -0.1) is 0 Å². The number of sulfonamides is 1. The van der Waals surface area contributed by atoms with E-state index in [2.05, 4.69) is 0 Å². The van der Waals surface area contributed by atoms with E-state index in [-0.39, 0.29) is 40.5 Å². The maximum absolute atomic E-state index is 13.0. The Morgan fingerprint density at radius 2 is 1.55 bits per heavy atom. The van der Waals surface area contributed by atoms with Gasteiger partial charge in [-0.05, 0) is 31.2 Å². The van der Waals surface area contributed by atoms with Crippen molar-refractivity contribution < 1.29 is 13.2 Å². The fourth-order valence-electron chi connectivity index (χ4n) is 3.32. The summed E-state index contributed by atoms with van der Waals surface area (Å²) < 4.78 is 27.3. The van der Waals surface area contributed by atoms with Gasteiger partial charge in [0.05, 0.1) is 16.6 Å². The third-order valence-electron chi connectivity index (χ3n) is 4.94. The summed E-state index contributed by atoms with van der Waals surface area (Å²) in [4.78, 5) is 16.4. The standard InChI is InChI=1S/C20H23Cl2N3O3S/c1-2-23(16-7-4-3-5-8-16)15-19(26)24-11-13-25(14-12-24)29(27,28)20-17(21)9-6-10-18(20)22/h3-10H,2,11-15H2,1H3. The Bertz CT molecular complexity index is 942. The van der Waals surface area contributed by atoms with E-state index in [1.54, 1.807) is 11.0 Å². The van der Waals surface area contributed by atoms with Crippen LogP contribution in [-0.4, -0.2) is 62.8 Å². The quantitative estimate of drug-likeness (QED) is 0.669. The number of nitrogens with zero attached hydrogens (tertiary/aromatic N) is 3. The molecule has 0 radical (unpaired) electrons. The highest BCUT2D eigenvalue weighted by Gasteiger charge is 2.33. The zero-order valence-electron chi connectivity index (χ0n) is 16.1. The van der Waals surface area contributed by atoms with Gasteiger partial charge in [0, 0.05) is 38.4 Å². The lowest BCUT2D eigenvalue weighted by atomic mass is 10.2. The van der Waals surface area contributed by atoms with Gasteiger partial charge in [-0.2, -0.15) is 4.31 Å². The molecule has 9 heteroatoms. The van der Waals surface area contributed by atoms with Crippen LogP contribution in [0, 0.1) is 0 Å². The Balaban J connectivity index is 1.65. The number of amides is 1. The van der Waals surface area contributed by atoms with Crippen molar-refractivity contribution >= 4 is 44.8 Å². The predicted octanol–water partition coefficient (Wildman–Crippen LogP) is 3.35. The molecule has 3 rings (SSSR count). The second-order valence-corrected chi connectivity index (χ2v) is 9.37. The van der Waals surface area contributed by atoms with Crippen LogP contribution < -0.4 is 4.90 Å². The van der Waals surface area contributed by atoms with E-state index >= 15 is 0 Å². The first-order valence-corrected chi connectivity index (χ1v) is 11.6. The lowest BCUT2D eigenvalue weighted by Crippen LogP contribution is -2.52. The van der Waals surface area contributed by atoms with Gasteiger partial charge >= 0.3 is 0 Å². The second kappa shape index (κ2) is 9.34. The van der Waals surface area contributed by atoms with Gasteiger partial charge in [0.1, 0.15) is 4.90 Å². The van der Waals surface area contributed by atoms with Crippen molar-refractivity contribution in [2.24, 2.45) is 0 Å². The van der Waals surface area contributed by atoms with Crippen LogP contribution in [0.15, 0.2) is 53.4 Å². The molecule has 0 atom stereocenters. The molecule has 1 aliphatic heterocycles. The normalized spacial score (nSPS) is 15.3. The first kappa shape index (κ1) is 21.9. The average Bonchev–Trinajstić information content (AvgIpc) is 2.72. The van der Waals surface area contributed by atoms with Crippen molar-refractivity contribution in [2.45, 2.75) is 11.8 Å². The number of anilines is 1. The van der Waals surface area contributed by atoms with Crippen molar-refractivity contribution in [3.63, 3.8) is 0 Å². The van der Waals surface area contributed by atoms with Gasteiger partial charge in [-0.25, -0.2) is 8.42 Å². The summed E-state index contributed by atoms with van der Waals surface area (Å²) in [6.07, 6.45) is 0. The van der Waals surface area contributed by atoms with Gasteiger partial charge in [-0.3, -0.25) is 4.79 Å². The molecule has 1 saturated heterocycles. The van der Waals surface area contributed by atoms with Gasteiger partial charge in [0.2, 0.25) is 15.9 Å². The highest BCUT2D eigenvalue weighted by molar-refractivity contribution is 7.89. The molecule has 29 heavy (non-hydrogen) atoms. The van der Waals surface area contributed by atoms with Crippen LogP contribution in [0.3, 0.4) is 0 Å². The van der Waals surface area contributed by atoms with E-state index in [0.29, 0.717) is 19.6 Å². The summed E-state index contributed by atoms with van der Waals surface area (Å²) in [5.41, 5.74) is 0.984. The molecule has 0 bridgehead atoms. The van der Waals surface area contributed by atoms with Gasteiger partial charge in [-0.1, -0.05) is 47.5 Å². The number of likely N-dealkylation sites (N-methyl/N-ethyl adjacent to an activating group) is 1. The molecule has 1 heterocycles. The zero-order chi connectivity index (χ0) is 21.0. The summed E-state index contributed by atoms with van der Waals surface area (Å²) in [5.74, 6) is -0.0245. The Kier molecular flexibility index (Phi) is 7.05. The summed E-state index contributed by atoms with van der Waals surface area (Å²) in [5, 5.41) is 0.190. The third kappa shape index (κ3) is 4.86. The number of halogens is 2. The lowest BCUT2D eigenvalue weighted by Gasteiger charge is -2.35. The highest BCUT2D eigenvalue weighted by Crippen LogP contribution is 2.31. The van der Waals surface area contributed by atoms with Crippen molar-refractivity contribution in [2.75, 3.05) is 44.2 Å². The summed E-state index contributed by atoms with van der Waals surface area (Å²) in [7, 11) is -3.82. The molecular formula is C20H23Cl2N3O3S. The van der Waals surface area contributed by atoms with Crippen LogP contribution in [0.25, 0.3) is 0 Å². The molecule has 0 aromatic heterocycles. The largest absolute Gasteiger partial charge is 0.362 e. The summed E-state index contributed by atoms with van der Waals surface area (Å²) in [6, 6.07) is 14.4. The Labute approximate surface area is 181 Å². The molecule has 6 nitrogen and oxygen atoms in total. The van der Waals surface area contributed by atoms with Crippen molar-refractivity contribution in [3.8, 4) is 0 Å². The maximum Gasteiger partial charge on any atom is 0.246 e. The number of piperazine rings is 1. The fraction of sp³-hybridized carbons (Fsp3) is 0.350.